The predicted molar refractivity (Wildman–Crippen MR) is 75.5 cm³/mol. The first-order chi connectivity index (χ1) is 10.9. The minimum Gasteiger partial charge on any atom is -0.457 e. The van der Waals surface area contributed by atoms with Crippen molar-refractivity contribution in [2.24, 2.45) is 0 Å². The Morgan fingerprint density at radius 3 is 1.50 bits per heavy atom. The van der Waals surface area contributed by atoms with E-state index in [9.17, 15) is 0 Å². The van der Waals surface area contributed by atoms with E-state index in [2.05, 4.69) is 0 Å². The van der Waals surface area contributed by atoms with Crippen molar-refractivity contribution in [1.82, 2.24) is 0 Å². The van der Waals surface area contributed by atoms with Crippen LogP contribution in [0.1, 0.15) is 0 Å². The molecule has 22 heavy (non-hydrogen) atoms. The first-order valence-corrected chi connectivity index (χ1v) is 6.66. The first-order valence-electron chi connectivity index (χ1n) is 6.66. The second kappa shape index (κ2) is 3.30. The lowest BCUT2D eigenvalue weighted by molar-refractivity contribution is 0.554. The highest BCUT2D eigenvalue weighted by Gasteiger charge is 2.21. The Bertz CT molecular complexity index is 1180. The van der Waals surface area contributed by atoms with E-state index < -0.39 is 0 Å². The van der Waals surface area contributed by atoms with Crippen LogP contribution in [0.4, 0.5) is 0 Å². The molecule has 0 aromatic carbocycles. The molecule has 6 nitrogen and oxygen atoms in total. The van der Waals surface area contributed by atoms with E-state index >= 15 is 0 Å². The molecule has 0 atom stereocenters. The number of furan rings is 6. The first kappa shape index (κ1) is 10.4. The van der Waals surface area contributed by atoms with Crippen molar-refractivity contribution in [3.8, 4) is 11.5 Å². The summed E-state index contributed by atoms with van der Waals surface area (Å²) < 4.78 is 33.6. The van der Waals surface area contributed by atoms with Crippen LogP contribution in [-0.2, 0) is 0 Å². The lowest BCUT2D eigenvalue weighted by Crippen LogP contribution is -1.64. The van der Waals surface area contributed by atoms with Gasteiger partial charge in [-0.05, 0) is 0 Å². The number of rotatable bonds is 1. The molecule has 6 heterocycles. The molecule has 106 valence electrons. The summed E-state index contributed by atoms with van der Waals surface area (Å²) in [6.45, 7) is 0. The van der Waals surface area contributed by atoms with Gasteiger partial charge in [0.1, 0.15) is 0 Å². The second-order valence-electron chi connectivity index (χ2n) is 5.04. The Kier molecular flexibility index (Phi) is 1.57. The fraction of sp³-hybridized carbons (Fsp3) is 0. The van der Waals surface area contributed by atoms with Gasteiger partial charge >= 0.3 is 0 Å². The molecule has 6 aromatic heterocycles. The Morgan fingerprint density at radius 1 is 0.500 bits per heavy atom. The Balaban J connectivity index is 1.62. The molecule has 0 fully saturated rings. The molecule has 0 unspecified atom stereocenters. The average Bonchev–Trinajstić information content (AvgIpc) is 3.24. The van der Waals surface area contributed by atoms with Crippen molar-refractivity contribution in [2.45, 2.75) is 0 Å². The fourth-order valence-electron chi connectivity index (χ4n) is 2.78. The summed E-state index contributed by atoms with van der Waals surface area (Å²) in [7, 11) is 0. The van der Waals surface area contributed by atoms with Gasteiger partial charge in [-0.25, -0.2) is 0 Å². The Hall–Kier alpha value is -3.28. The van der Waals surface area contributed by atoms with Crippen LogP contribution in [0.2, 0.25) is 0 Å². The lowest BCUT2D eigenvalue weighted by Gasteiger charge is -1.87. The average molecular weight is 294 g/mol. The van der Waals surface area contributed by atoms with Gasteiger partial charge in [0.25, 0.3) is 0 Å². The molecule has 6 aromatic rings. The fourth-order valence-corrected chi connectivity index (χ4v) is 2.78. The van der Waals surface area contributed by atoms with Gasteiger partial charge in [-0.1, -0.05) is 0 Å². The van der Waals surface area contributed by atoms with Crippen molar-refractivity contribution >= 4 is 44.7 Å². The van der Waals surface area contributed by atoms with E-state index in [0.717, 1.165) is 0 Å². The summed E-state index contributed by atoms with van der Waals surface area (Å²) in [5.74, 6) is 1.08. The molecular formula is C16H6O6. The van der Waals surface area contributed by atoms with Crippen LogP contribution in [0.25, 0.3) is 56.2 Å². The smallest absolute Gasteiger partial charge is 0.216 e. The van der Waals surface area contributed by atoms with Gasteiger partial charge in [0, 0.05) is 24.3 Å². The van der Waals surface area contributed by atoms with Gasteiger partial charge < -0.3 is 26.5 Å². The highest BCUT2D eigenvalue weighted by molar-refractivity contribution is 6.01. The minimum absolute atomic E-state index is 0.540. The zero-order valence-corrected chi connectivity index (χ0v) is 10.9. The van der Waals surface area contributed by atoms with Crippen LogP contribution in [0.15, 0.2) is 63.3 Å². The molecule has 0 aliphatic carbocycles. The minimum atomic E-state index is 0.540. The second-order valence-corrected chi connectivity index (χ2v) is 5.04. The quantitative estimate of drug-likeness (QED) is 0.397. The summed E-state index contributed by atoms with van der Waals surface area (Å²) in [6, 6.07) is 7.03. The van der Waals surface area contributed by atoms with E-state index in [4.69, 9.17) is 26.5 Å². The van der Waals surface area contributed by atoms with Crippen LogP contribution in [0.3, 0.4) is 0 Å². The zero-order chi connectivity index (χ0) is 14.3. The van der Waals surface area contributed by atoms with E-state index in [0.29, 0.717) is 56.2 Å². The van der Waals surface area contributed by atoms with E-state index in [-0.39, 0.29) is 0 Å². The van der Waals surface area contributed by atoms with Crippen molar-refractivity contribution in [2.75, 3.05) is 0 Å². The Labute approximate surface area is 120 Å². The molecule has 0 aliphatic heterocycles. The summed E-state index contributed by atoms with van der Waals surface area (Å²) in [6.07, 6.45) is 3.12. The largest absolute Gasteiger partial charge is 0.457 e. The van der Waals surface area contributed by atoms with Gasteiger partial charge in [0.2, 0.25) is 22.3 Å². The molecule has 0 saturated heterocycles. The summed E-state index contributed by atoms with van der Waals surface area (Å²) in [4.78, 5) is 0. The third-order valence-corrected chi connectivity index (χ3v) is 3.75. The predicted octanol–water partition coefficient (Wildman–Crippen LogP) is 5.52. The van der Waals surface area contributed by atoms with Crippen molar-refractivity contribution in [1.29, 1.82) is 0 Å². The highest BCUT2D eigenvalue weighted by atomic mass is 16.4. The molecule has 0 bridgehead atoms. The summed E-state index contributed by atoms with van der Waals surface area (Å²) in [5, 5.41) is 0. The van der Waals surface area contributed by atoms with Crippen LogP contribution in [0, 0.1) is 0 Å². The Morgan fingerprint density at radius 2 is 1.00 bits per heavy atom. The number of hydrogen-bond donors (Lipinski definition) is 0. The van der Waals surface area contributed by atoms with Gasteiger partial charge in [0.15, 0.2) is 33.9 Å². The third kappa shape index (κ3) is 1.12. The maximum Gasteiger partial charge on any atom is 0.216 e. The lowest BCUT2D eigenvalue weighted by atomic mass is 10.3. The maximum atomic E-state index is 5.80. The summed E-state index contributed by atoms with van der Waals surface area (Å²) >= 11 is 0. The van der Waals surface area contributed by atoms with E-state index in [1.165, 1.54) is 0 Å². The maximum absolute atomic E-state index is 5.80. The van der Waals surface area contributed by atoms with Crippen molar-refractivity contribution < 1.29 is 26.5 Å². The molecular weight excluding hydrogens is 288 g/mol. The molecule has 6 rings (SSSR count). The van der Waals surface area contributed by atoms with Gasteiger partial charge in [-0.3, -0.25) is 0 Å². The number of hydrogen-bond acceptors (Lipinski definition) is 6. The zero-order valence-electron chi connectivity index (χ0n) is 10.9. The van der Waals surface area contributed by atoms with Gasteiger partial charge in [-0.2, -0.15) is 0 Å². The monoisotopic (exact) mass is 294 g/mol. The molecule has 0 spiro atoms. The van der Waals surface area contributed by atoms with E-state index in [1.54, 1.807) is 36.8 Å². The van der Waals surface area contributed by atoms with Crippen molar-refractivity contribution in [3.63, 3.8) is 0 Å². The molecule has 6 heteroatoms. The molecule has 0 saturated carbocycles. The van der Waals surface area contributed by atoms with Gasteiger partial charge in [0.05, 0.1) is 12.5 Å². The van der Waals surface area contributed by atoms with Gasteiger partial charge in [-0.15, -0.1) is 0 Å². The molecule has 0 radical (unpaired) electrons. The van der Waals surface area contributed by atoms with E-state index in [1.807, 2.05) is 0 Å². The third-order valence-electron chi connectivity index (χ3n) is 3.75. The standard InChI is InChI=1S/C16H6O6/c1-3-17-13-7(1)19-11-5-9(21-15(11)13)10-6-12-16(22-10)14-8(20-12)2-4-18-14/h1-6H. The van der Waals surface area contributed by atoms with Crippen molar-refractivity contribution in [3.05, 3.63) is 36.8 Å². The topological polar surface area (TPSA) is 78.8 Å². The molecule has 0 aliphatic rings. The molecule has 0 amide bonds. The summed E-state index contributed by atoms with van der Waals surface area (Å²) in [5.41, 5.74) is 4.84. The number of fused-ring (bicyclic) bond motifs is 6. The SMILES string of the molecule is c1cc2oc3cc(-c4cc5oc6ccoc6c5o4)oc3c2o1. The highest BCUT2D eigenvalue weighted by Crippen LogP contribution is 2.39. The van der Waals surface area contributed by atoms with Crippen LogP contribution in [-0.4, -0.2) is 0 Å². The normalized spacial score (nSPS) is 12.5. The van der Waals surface area contributed by atoms with Crippen LogP contribution in [0.5, 0.6) is 0 Å². The van der Waals surface area contributed by atoms with Crippen LogP contribution >= 0.6 is 0 Å². The molecule has 0 N–H and O–H groups in total. The van der Waals surface area contributed by atoms with Crippen LogP contribution < -0.4 is 0 Å².